The molecule has 0 saturated carbocycles. The first-order valence-electron chi connectivity index (χ1n) is 4.72. The third-order valence-electron chi connectivity index (χ3n) is 1.95. The zero-order chi connectivity index (χ0) is 12.3. The normalized spacial score (nSPS) is 10.4. The summed E-state index contributed by atoms with van der Waals surface area (Å²) in [5, 5.41) is 1.72. The van der Waals surface area contributed by atoms with Crippen molar-refractivity contribution in [3.8, 4) is 0 Å². The molecular weight excluding hydrogens is 242 g/mol. The van der Waals surface area contributed by atoms with Gasteiger partial charge in [-0.25, -0.2) is 10.5 Å². The van der Waals surface area contributed by atoms with E-state index in [1.165, 1.54) is 28.0 Å². The second kappa shape index (κ2) is 4.89. The molecule has 0 bridgehead atoms. The molecule has 2 rings (SSSR count). The van der Waals surface area contributed by atoms with Gasteiger partial charge in [0.25, 0.3) is 11.5 Å². The Morgan fingerprint density at radius 1 is 1.71 bits per heavy atom. The number of carbonyl (C=O) groups is 1. The Bertz CT molecular complexity index is 617. The van der Waals surface area contributed by atoms with E-state index in [0.29, 0.717) is 4.96 Å². The predicted molar refractivity (Wildman–Crippen MR) is 63.0 cm³/mol. The van der Waals surface area contributed by atoms with Gasteiger partial charge in [-0.15, -0.1) is 17.9 Å². The number of hydrogen-bond donors (Lipinski definition) is 1. The minimum Gasteiger partial charge on any atom is -0.269 e. The Morgan fingerprint density at radius 3 is 3.29 bits per heavy atom. The van der Waals surface area contributed by atoms with Crippen molar-refractivity contribution in [1.82, 2.24) is 14.9 Å². The number of fused-ring (bicyclic) bond motifs is 1. The molecule has 0 aromatic carbocycles. The number of thiazole rings is 1. The van der Waals surface area contributed by atoms with Crippen molar-refractivity contribution in [3.63, 3.8) is 0 Å². The Morgan fingerprint density at radius 2 is 2.53 bits per heavy atom. The molecule has 0 radical (unpaired) electrons. The monoisotopic (exact) mass is 251 g/mol. The van der Waals surface area contributed by atoms with Crippen molar-refractivity contribution in [2.24, 2.45) is 0 Å². The van der Waals surface area contributed by atoms with Gasteiger partial charge in [-0.3, -0.25) is 18.8 Å². The second-order valence-electron chi connectivity index (χ2n) is 3.06. The summed E-state index contributed by atoms with van der Waals surface area (Å²) in [7, 11) is 0. The molecule has 2 heterocycles. The van der Waals surface area contributed by atoms with Crippen molar-refractivity contribution in [2.75, 3.05) is 6.61 Å². The summed E-state index contributed by atoms with van der Waals surface area (Å²) in [4.78, 5) is 32.7. The predicted octanol–water partition coefficient (Wildman–Crippen LogP) is 0.603. The summed E-state index contributed by atoms with van der Waals surface area (Å²) < 4.78 is 1.31. The van der Waals surface area contributed by atoms with Gasteiger partial charge >= 0.3 is 0 Å². The molecule has 0 atom stereocenters. The van der Waals surface area contributed by atoms with Crippen LogP contribution in [-0.2, 0) is 4.84 Å². The van der Waals surface area contributed by atoms with Gasteiger partial charge in [-0.05, 0) is 0 Å². The topological polar surface area (TPSA) is 72.7 Å². The maximum atomic E-state index is 11.9. The molecule has 1 amide bonds. The SMILES string of the molecule is C=CCONC(=O)c1cnc2sccn2c1=O. The first-order chi connectivity index (χ1) is 8.24. The summed E-state index contributed by atoms with van der Waals surface area (Å²) in [5.41, 5.74) is 1.65. The largest absolute Gasteiger partial charge is 0.282 e. The van der Waals surface area contributed by atoms with E-state index in [1.807, 2.05) is 0 Å². The third-order valence-corrected chi connectivity index (χ3v) is 2.72. The van der Waals surface area contributed by atoms with Crippen LogP contribution in [0.15, 0.2) is 35.2 Å². The van der Waals surface area contributed by atoms with Gasteiger partial charge in [0.1, 0.15) is 5.56 Å². The van der Waals surface area contributed by atoms with E-state index in [-0.39, 0.29) is 12.2 Å². The van der Waals surface area contributed by atoms with Gasteiger partial charge in [0.2, 0.25) is 0 Å². The number of carbonyl (C=O) groups excluding carboxylic acids is 1. The minimum absolute atomic E-state index is 0.0648. The molecule has 88 valence electrons. The molecule has 2 aromatic heterocycles. The molecule has 2 aromatic rings. The van der Waals surface area contributed by atoms with E-state index < -0.39 is 11.5 Å². The van der Waals surface area contributed by atoms with Crippen LogP contribution in [0.25, 0.3) is 4.96 Å². The lowest BCUT2D eigenvalue weighted by Gasteiger charge is -2.02. The molecule has 0 unspecified atom stereocenters. The van der Waals surface area contributed by atoms with Crippen LogP contribution in [0.5, 0.6) is 0 Å². The third kappa shape index (κ3) is 2.24. The van der Waals surface area contributed by atoms with Crippen LogP contribution in [-0.4, -0.2) is 21.9 Å². The lowest BCUT2D eigenvalue weighted by Crippen LogP contribution is -2.31. The molecule has 17 heavy (non-hydrogen) atoms. The number of nitrogens with one attached hydrogen (secondary N) is 1. The van der Waals surface area contributed by atoms with Crippen molar-refractivity contribution in [3.05, 3.63) is 46.3 Å². The Kier molecular flexibility index (Phi) is 3.31. The highest BCUT2D eigenvalue weighted by molar-refractivity contribution is 7.15. The lowest BCUT2D eigenvalue weighted by molar-refractivity contribution is 0.0419. The number of hydroxylamine groups is 1. The van der Waals surface area contributed by atoms with E-state index in [9.17, 15) is 9.59 Å². The number of rotatable bonds is 4. The van der Waals surface area contributed by atoms with Gasteiger partial charge in [0.15, 0.2) is 4.96 Å². The van der Waals surface area contributed by atoms with Crippen molar-refractivity contribution in [2.45, 2.75) is 0 Å². The fourth-order valence-electron chi connectivity index (χ4n) is 1.20. The maximum Gasteiger partial charge on any atom is 0.282 e. The van der Waals surface area contributed by atoms with Crippen LogP contribution >= 0.6 is 11.3 Å². The first-order valence-corrected chi connectivity index (χ1v) is 5.60. The Hall–Kier alpha value is -1.99. The number of nitrogens with zero attached hydrogens (tertiary/aromatic N) is 2. The van der Waals surface area contributed by atoms with Gasteiger partial charge in [0.05, 0.1) is 6.61 Å². The van der Waals surface area contributed by atoms with Crippen LogP contribution in [0.2, 0.25) is 0 Å². The fourth-order valence-corrected chi connectivity index (χ4v) is 1.88. The summed E-state index contributed by atoms with van der Waals surface area (Å²) in [6.07, 6.45) is 4.28. The van der Waals surface area contributed by atoms with Gasteiger partial charge in [-0.1, -0.05) is 6.08 Å². The van der Waals surface area contributed by atoms with E-state index >= 15 is 0 Å². The number of aromatic nitrogens is 2. The minimum atomic E-state index is -0.620. The Labute approximate surface area is 100 Å². The van der Waals surface area contributed by atoms with Crippen LogP contribution in [0.3, 0.4) is 0 Å². The highest BCUT2D eigenvalue weighted by Gasteiger charge is 2.13. The molecule has 1 N–H and O–H groups in total. The van der Waals surface area contributed by atoms with E-state index in [1.54, 1.807) is 11.6 Å². The van der Waals surface area contributed by atoms with Crippen LogP contribution in [0, 0.1) is 0 Å². The highest BCUT2D eigenvalue weighted by Crippen LogP contribution is 2.05. The van der Waals surface area contributed by atoms with Crippen molar-refractivity contribution < 1.29 is 9.63 Å². The highest BCUT2D eigenvalue weighted by atomic mass is 32.1. The lowest BCUT2D eigenvalue weighted by atomic mass is 10.3. The first kappa shape index (κ1) is 11.5. The zero-order valence-electron chi connectivity index (χ0n) is 8.75. The Balaban J connectivity index is 2.29. The molecule has 0 spiro atoms. The van der Waals surface area contributed by atoms with E-state index in [4.69, 9.17) is 4.84 Å². The van der Waals surface area contributed by atoms with Gasteiger partial charge in [-0.2, -0.15) is 0 Å². The smallest absolute Gasteiger partial charge is 0.269 e. The molecule has 0 aliphatic heterocycles. The van der Waals surface area contributed by atoms with Crippen LogP contribution in [0.4, 0.5) is 0 Å². The van der Waals surface area contributed by atoms with Gasteiger partial charge in [0, 0.05) is 17.8 Å². The van der Waals surface area contributed by atoms with Crippen molar-refractivity contribution >= 4 is 22.2 Å². The van der Waals surface area contributed by atoms with Crippen molar-refractivity contribution in [1.29, 1.82) is 0 Å². The average Bonchev–Trinajstić information content (AvgIpc) is 2.78. The second-order valence-corrected chi connectivity index (χ2v) is 3.94. The molecule has 0 aliphatic carbocycles. The fraction of sp³-hybridized carbons (Fsp3) is 0.100. The molecule has 0 saturated heterocycles. The summed E-state index contributed by atoms with van der Waals surface area (Å²) in [6, 6.07) is 0. The molecule has 0 fully saturated rings. The molecule has 7 heteroatoms. The number of hydrogen-bond acceptors (Lipinski definition) is 5. The van der Waals surface area contributed by atoms with Gasteiger partial charge < -0.3 is 0 Å². The zero-order valence-corrected chi connectivity index (χ0v) is 9.57. The molecular formula is C10H9N3O3S. The number of amides is 1. The van der Waals surface area contributed by atoms with E-state index in [2.05, 4.69) is 17.0 Å². The maximum absolute atomic E-state index is 11.9. The average molecular weight is 251 g/mol. The summed E-state index contributed by atoms with van der Waals surface area (Å²) in [6.45, 7) is 3.60. The van der Waals surface area contributed by atoms with E-state index in [0.717, 1.165) is 0 Å². The quantitative estimate of drug-likeness (QED) is 0.491. The summed E-state index contributed by atoms with van der Waals surface area (Å²) >= 11 is 1.32. The standard InChI is InChI=1S/C10H9N3O3S/c1-2-4-16-12-8(14)7-6-11-10-13(9(7)15)3-5-17-10/h2-3,5-6H,1,4H2,(H,12,14). The van der Waals surface area contributed by atoms with Crippen LogP contribution < -0.4 is 11.0 Å². The molecule has 0 aliphatic rings. The van der Waals surface area contributed by atoms with Crippen LogP contribution in [0.1, 0.15) is 10.4 Å². The summed E-state index contributed by atoms with van der Waals surface area (Å²) in [5.74, 6) is -0.620. The molecule has 6 nitrogen and oxygen atoms in total.